The van der Waals surface area contributed by atoms with Gasteiger partial charge in [-0.25, -0.2) is 4.79 Å². The number of nitrogens with zero attached hydrogens (tertiary/aromatic N) is 2. The Morgan fingerprint density at radius 3 is 3.00 bits per heavy atom. The van der Waals surface area contributed by atoms with Crippen molar-refractivity contribution in [3.63, 3.8) is 0 Å². The summed E-state index contributed by atoms with van der Waals surface area (Å²) in [5, 5.41) is 0. The molecule has 92 valence electrons. The Hall–Kier alpha value is -1.50. The minimum absolute atomic E-state index is 0.252. The standard InChI is InChI=1S/C13H19N3O/c1-4-10(3)16-12(17)15-11(14)13(16)7-5-6-9(2)8-13/h1,9-10H,5-8H2,2-3H3,(H2,14,15,17). The van der Waals surface area contributed by atoms with Gasteiger partial charge in [0.25, 0.3) is 0 Å². The van der Waals surface area contributed by atoms with E-state index in [2.05, 4.69) is 17.8 Å². The number of urea groups is 1. The molecule has 4 nitrogen and oxygen atoms in total. The Morgan fingerprint density at radius 1 is 1.71 bits per heavy atom. The maximum atomic E-state index is 11.9. The summed E-state index contributed by atoms with van der Waals surface area (Å²) < 4.78 is 0. The van der Waals surface area contributed by atoms with E-state index in [0.29, 0.717) is 11.8 Å². The van der Waals surface area contributed by atoms with Crippen LogP contribution in [0.1, 0.15) is 39.5 Å². The molecule has 3 unspecified atom stereocenters. The molecule has 3 atom stereocenters. The van der Waals surface area contributed by atoms with Crippen molar-refractivity contribution in [2.45, 2.75) is 51.1 Å². The molecule has 1 fully saturated rings. The van der Waals surface area contributed by atoms with Gasteiger partial charge in [0.1, 0.15) is 11.4 Å². The van der Waals surface area contributed by atoms with E-state index in [1.807, 2.05) is 6.92 Å². The summed E-state index contributed by atoms with van der Waals surface area (Å²) in [5.41, 5.74) is 5.58. The van der Waals surface area contributed by atoms with Crippen LogP contribution in [0.2, 0.25) is 0 Å². The highest BCUT2D eigenvalue weighted by Gasteiger charge is 2.51. The van der Waals surface area contributed by atoms with Crippen LogP contribution in [0, 0.1) is 18.3 Å². The molecule has 0 aromatic heterocycles. The van der Waals surface area contributed by atoms with Gasteiger partial charge in [-0.1, -0.05) is 25.7 Å². The summed E-state index contributed by atoms with van der Waals surface area (Å²) in [5.74, 6) is 3.63. The van der Waals surface area contributed by atoms with Crippen LogP contribution in [-0.4, -0.2) is 28.3 Å². The molecule has 1 aliphatic carbocycles. The minimum Gasteiger partial charge on any atom is -0.385 e. The Balaban J connectivity index is 2.38. The van der Waals surface area contributed by atoms with Crippen molar-refractivity contribution in [2.24, 2.45) is 16.6 Å². The van der Waals surface area contributed by atoms with Crippen LogP contribution in [0.3, 0.4) is 0 Å². The fourth-order valence-corrected chi connectivity index (χ4v) is 3.15. The van der Waals surface area contributed by atoms with Crippen LogP contribution in [-0.2, 0) is 0 Å². The lowest BCUT2D eigenvalue weighted by atomic mass is 9.74. The molecule has 2 amide bonds. The number of amides is 2. The smallest absolute Gasteiger partial charge is 0.347 e. The van der Waals surface area contributed by atoms with E-state index in [4.69, 9.17) is 12.2 Å². The van der Waals surface area contributed by atoms with Gasteiger partial charge >= 0.3 is 6.03 Å². The second-order valence-electron chi connectivity index (χ2n) is 5.23. The van der Waals surface area contributed by atoms with Gasteiger partial charge in [-0.2, -0.15) is 4.99 Å². The minimum atomic E-state index is -0.416. The average molecular weight is 233 g/mol. The van der Waals surface area contributed by atoms with Gasteiger partial charge in [-0.3, -0.25) is 4.90 Å². The van der Waals surface area contributed by atoms with Crippen LogP contribution in [0.15, 0.2) is 4.99 Å². The van der Waals surface area contributed by atoms with E-state index >= 15 is 0 Å². The highest BCUT2D eigenvalue weighted by molar-refractivity contribution is 6.06. The van der Waals surface area contributed by atoms with E-state index in [1.165, 1.54) is 6.42 Å². The number of nitrogens with two attached hydrogens (primary N) is 1. The first-order valence-electron chi connectivity index (χ1n) is 6.15. The number of aliphatic imine (C=N–C) groups is 1. The van der Waals surface area contributed by atoms with Crippen molar-refractivity contribution in [1.29, 1.82) is 0 Å². The third kappa shape index (κ3) is 1.70. The van der Waals surface area contributed by atoms with Crippen molar-refractivity contribution in [3.8, 4) is 12.3 Å². The molecule has 2 N–H and O–H groups in total. The summed E-state index contributed by atoms with van der Waals surface area (Å²) in [6.07, 6.45) is 9.45. The van der Waals surface area contributed by atoms with Crippen molar-refractivity contribution >= 4 is 11.9 Å². The van der Waals surface area contributed by atoms with Gasteiger partial charge in [0.15, 0.2) is 0 Å². The third-order valence-electron chi connectivity index (χ3n) is 3.96. The lowest BCUT2D eigenvalue weighted by Crippen LogP contribution is -2.58. The molecule has 1 spiro atoms. The summed E-state index contributed by atoms with van der Waals surface area (Å²) >= 11 is 0. The number of amidine groups is 1. The highest BCUT2D eigenvalue weighted by Crippen LogP contribution is 2.41. The van der Waals surface area contributed by atoms with Gasteiger partial charge in [0, 0.05) is 0 Å². The van der Waals surface area contributed by atoms with E-state index in [0.717, 1.165) is 19.3 Å². The van der Waals surface area contributed by atoms with E-state index in [1.54, 1.807) is 4.90 Å². The maximum Gasteiger partial charge on any atom is 0.347 e. The molecular formula is C13H19N3O. The zero-order valence-corrected chi connectivity index (χ0v) is 10.4. The second kappa shape index (κ2) is 4.06. The number of hydrogen-bond acceptors (Lipinski definition) is 2. The molecule has 0 radical (unpaired) electrons. The Labute approximate surface area is 102 Å². The zero-order chi connectivity index (χ0) is 12.6. The highest BCUT2D eigenvalue weighted by atomic mass is 16.2. The number of rotatable bonds is 1. The summed E-state index contributed by atoms with van der Waals surface area (Å²) in [4.78, 5) is 17.6. The number of carbonyl (C=O) groups is 1. The molecule has 17 heavy (non-hydrogen) atoms. The van der Waals surface area contributed by atoms with Crippen molar-refractivity contribution < 1.29 is 4.79 Å². The molecule has 4 heteroatoms. The first-order valence-corrected chi connectivity index (χ1v) is 6.15. The van der Waals surface area contributed by atoms with Crippen molar-refractivity contribution in [1.82, 2.24) is 4.90 Å². The second-order valence-corrected chi connectivity index (χ2v) is 5.23. The SMILES string of the molecule is C#CC(C)N1C(=O)N=C(N)C12CCCC(C)C2. The fourth-order valence-electron chi connectivity index (χ4n) is 3.15. The topological polar surface area (TPSA) is 58.7 Å². The van der Waals surface area contributed by atoms with Gasteiger partial charge < -0.3 is 5.73 Å². The third-order valence-corrected chi connectivity index (χ3v) is 3.96. The van der Waals surface area contributed by atoms with Crippen molar-refractivity contribution in [2.75, 3.05) is 0 Å². The molecule has 0 aromatic rings. The first kappa shape index (κ1) is 12.0. The first-order chi connectivity index (χ1) is 8.01. The number of terminal acetylenes is 1. The van der Waals surface area contributed by atoms with Crippen LogP contribution in [0.25, 0.3) is 0 Å². The maximum absolute atomic E-state index is 11.9. The summed E-state index contributed by atoms with van der Waals surface area (Å²) in [6, 6.07) is -0.528. The van der Waals surface area contributed by atoms with E-state index < -0.39 is 5.54 Å². The normalized spacial score (nSPS) is 34.6. The molecule has 1 heterocycles. The predicted octanol–water partition coefficient (Wildman–Crippen LogP) is 1.75. The van der Waals surface area contributed by atoms with Gasteiger partial charge in [0.05, 0.1) is 6.04 Å². The molecule has 2 rings (SSSR count). The number of hydrogen-bond donors (Lipinski definition) is 1. The van der Waals surface area contributed by atoms with Gasteiger partial charge in [0.2, 0.25) is 0 Å². The quantitative estimate of drug-likeness (QED) is 0.701. The van der Waals surface area contributed by atoms with Crippen LogP contribution in [0.4, 0.5) is 4.79 Å². The van der Waals surface area contributed by atoms with Crippen LogP contribution in [0.5, 0.6) is 0 Å². The molecule has 0 saturated heterocycles. The van der Waals surface area contributed by atoms with Gasteiger partial charge in [-0.05, 0) is 25.7 Å². The summed E-state index contributed by atoms with van der Waals surface area (Å²) in [7, 11) is 0. The Bertz CT molecular complexity index is 409. The Morgan fingerprint density at radius 2 is 2.41 bits per heavy atom. The molecular weight excluding hydrogens is 214 g/mol. The predicted molar refractivity (Wildman–Crippen MR) is 67.5 cm³/mol. The zero-order valence-electron chi connectivity index (χ0n) is 10.4. The largest absolute Gasteiger partial charge is 0.385 e. The monoisotopic (exact) mass is 233 g/mol. The summed E-state index contributed by atoms with van der Waals surface area (Å²) in [6.45, 7) is 4.04. The lowest BCUT2D eigenvalue weighted by molar-refractivity contribution is 0.113. The molecule has 1 aliphatic heterocycles. The van der Waals surface area contributed by atoms with Crippen molar-refractivity contribution in [3.05, 3.63) is 0 Å². The average Bonchev–Trinajstić information content (AvgIpc) is 2.50. The Kier molecular flexibility index (Phi) is 2.86. The molecule has 0 bridgehead atoms. The lowest BCUT2D eigenvalue weighted by Gasteiger charge is -2.44. The molecule has 2 aliphatic rings. The number of carbonyl (C=O) groups excluding carboxylic acids is 1. The molecule has 0 aromatic carbocycles. The van der Waals surface area contributed by atoms with Crippen LogP contribution < -0.4 is 5.73 Å². The van der Waals surface area contributed by atoms with Gasteiger partial charge in [-0.15, -0.1) is 6.42 Å². The van der Waals surface area contributed by atoms with E-state index in [-0.39, 0.29) is 12.1 Å². The fraction of sp³-hybridized carbons (Fsp3) is 0.692. The van der Waals surface area contributed by atoms with E-state index in [9.17, 15) is 4.79 Å². The molecule has 1 saturated carbocycles. The van der Waals surface area contributed by atoms with Crippen LogP contribution >= 0.6 is 0 Å².